The van der Waals surface area contributed by atoms with Gasteiger partial charge in [-0.25, -0.2) is 4.79 Å². The van der Waals surface area contributed by atoms with Crippen LogP contribution in [0.4, 0.5) is 4.79 Å². The highest BCUT2D eigenvalue weighted by atomic mass is 127. The van der Waals surface area contributed by atoms with Crippen molar-refractivity contribution in [2.24, 2.45) is 10.7 Å². The van der Waals surface area contributed by atoms with Gasteiger partial charge in [0, 0.05) is 19.1 Å². The highest BCUT2D eigenvalue weighted by Crippen LogP contribution is 2.13. The number of halogens is 1. The fraction of sp³-hybridized carbons (Fsp3) is 0.579. The van der Waals surface area contributed by atoms with Gasteiger partial charge in [-0.3, -0.25) is 4.99 Å². The van der Waals surface area contributed by atoms with Crippen molar-refractivity contribution in [2.45, 2.75) is 38.8 Å². The smallest absolute Gasteiger partial charge is 0.409 e. The van der Waals surface area contributed by atoms with Crippen LogP contribution in [0.5, 0.6) is 5.75 Å². The number of benzene rings is 1. The Morgan fingerprint density at radius 3 is 2.79 bits per heavy atom. The molecule has 0 bridgehead atoms. The van der Waals surface area contributed by atoms with Crippen LogP contribution in [-0.2, 0) is 4.74 Å². The molecule has 28 heavy (non-hydrogen) atoms. The predicted octanol–water partition coefficient (Wildman–Crippen LogP) is 1.88. The number of carbonyl (C=O) groups excluding carboxylic acids is 1. The number of hydrogen-bond donors (Lipinski definition) is 3. The summed E-state index contributed by atoms with van der Waals surface area (Å²) in [5.41, 5.74) is 7.00. The fourth-order valence-electron chi connectivity index (χ4n) is 2.83. The molecule has 1 atom stereocenters. The Bertz CT molecular complexity index is 636. The van der Waals surface area contributed by atoms with Crippen molar-refractivity contribution in [1.82, 2.24) is 10.2 Å². The number of nitrogens with one attached hydrogen (secondary N) is 1. The summed E-state index contributed by atoms with van der Waals surface area (Å²) in [5.74, 6) is 1.01. The number of nitrogens with zero attached hydrogens (tertiary/aromatic N) is 2. The number of aryl methyl sites for hydroxylation is 1. The summed E-state index contributed by atoms with van der Waals surface area (Å²) in [5, 5.41) is 13.2. The fourth-order valence-corrected chi connectivity index (χ4v) is 2.83. The molecule has 1 aromatic carbocycles. The number of likely N-dealkylation sites (tertiary alicyclic amines) is 1. The molecule has 8 nitrogen and oxygen atoms in total. The zero-order chi connectivity index (χ0) is 19.6. The van der Waals surface area contributed by atoms with Crippen LogP contribution < -0.4 is 15.8 Å². The number of hydrogen-bond acceptors (Lipinski definition) is 5. The second-order valence-electron chi connectivity index (χ2n) is 6.61. The van der Waals surface area contributed by atoms with Crippen LogP contribution in [0, 0.1) is 6.92 Å². The first kappa shape index (κ1) is 24.3. The maximum Gasteiger partial charge on any atom is 0.409 e. The molecule has 0 aromatic heterocycles. The average Bonchev–Trinajstić information content (AvgIpc) is 2.65. The van der Waals surface area contributed by atoms with E-state index >= 15 is 0 Å². The van der Waals surface area contributed by atoms with Gasteiger partial charge in [0.15, 0.2) is 5.96 Å². The van der Waals surface area contributed by atoms with E-state index in [1.54, 1.807) is 11.8 Å². The number of nitrogens with two attached hydrogens (primary N) is 1. The minimum absolute atomic E-state index is 0. The number of rotatable bonds is 7. The number of carbonyl (C=O) groups is 1. The molecule has 0 radical (unpaired) electrons. The molecule has 1 aromatic rings. The first-order chi connectivity index (χ1) is 13.0. The zero-order valence-corrected chi connectivity index (χ0v) is 18.8. The lowest BCUT2D eigenvalue weighted by Crippen LogP contribution is -2.48. The lowest BCUT2D eigenvalue weighted by molar-refractivity contribution is 0.0962. The van der Waals surface area contributed by atoms with Crippen molar-refractivity contribution in [3.8, 4) is 5.75 Å². The van der Waals surface area contributed by atoms with Crippen LogP contribution in [0.1, 0.15) is 25.3 Å². The predicted molar refractivity (Wildman–Crippen MR) is 119 cm³/mol. The topological polar surface area (TPSA) is 109 Å². The Kier molecular flexibility index (Phi) is 11.0. The van der Waals surface area contributed by atoms with E-state index in [-0.39, 0.29) is 49.3 Å². The Labute approximate surface area is 183 Å². The average molecular weight is 506 g/mol. The van der Waals surface area contributed by atoms with E-state index in [0.29, 0.717) is 25.7 Å². The van der Waals surface area contributed by atoms with E-state index in [0.717, 1.165) is 24.2 Å². The summed E-state index contributed by atoms with van der Waals surface area (Å²) in [6.07, 6.45) is 0.535. The minimum Gasteiger partial charge on any atom is -0.491 e. The van der Waals surface area contributed by atoms with Crippen molar-refractivity contribution < 1.29 is 19.4 Å². The van der Waals surface area contributed by atoms with Crippen LogP contribution in [-0.4, -0.2) is 67.1 Å². The zero-order valence-electron chi connectivity index (χ0n) is 16.5. The highest BCUT2D eigenvalue weighted by Gasteiger charge is 2.23. The molecule has 1 aliphatic rings. The van der Waals surface area contributed by atoms with Crippen LogP contribution in [0.15, 0.2) is 29.3 Å². The lowest BCUT2D eigenvalue weighted by atomic mass is 10.1. The van der Waals surface area contributed by atoms with E-state index in [1.165, 1.54) is 0 Å². The summed E-state index contributed by atoms with van der Waals surface area (Å²) >= 11 is 0. The van der Waals surface area contributed by atoms with Crippen molar-refractivity contribution in [3.05, 3.63) is 29.8 Å². The summed E-state index contributed by atoms with van der Waals surface area (Å²) in [6, 6.07) is 7.80. The molecule has 1 saturated heterocycles. The summed E-state index contributed by atoms with van der Waals surface area (Å²) < 4.78 is 10.6. The van der Waals surface area contributed by atoms with Crippen molar-refractivity contribution in [1.29, 1.82) is 0 Å². The normalized spacial score (nSPS) is 16.1. The number of aliphatic hydroxyl groups is 1. The molecule has 1 amide bonds. The second-order valence-corrected chi connectivity index (χ2v) is 6.61. The van der Waals surface area contributed by atoms with Gasteiger partial charge >= 0.3 is 6.09 Å². The van der Waals surface area contributed by atoms with Crippen LogP contribution in [0.3, 0.4) is 0 Å². The van der Waals surface area contributed by atoms with E-state index in [1.807, 2.05) is 31.2 Å². The molecule has 0 aliphatic carbocycles. The Morgan fingerprint density at radius 2 is 2.14 bits per heavy atom. The van der Waals surface area contributed by atoms with Gasteiger partial charge in [0.2, 0.25) is 0 Å². The number of aliphatic hydroxyl groups excluding tert-OH is 1. The minimum atomic E-state index is -0.739. The first-order valence-electron chi connectivity index (χ1n) is 9.33. The molecule has 1 heterocycles. The van der Waals surface area contributed by atoms with E-state index < -0.39 is 6.10 Å². The second kappa shape index (κ2) is 12.7. The summed E-state index contributed by atoms with van der Waals surface area (Å²) in [6.45, 7) is 5.71. The molecular formula is C19H31IN4O4. The maximum absolute atomic E-state index is 11.7. The lowest BCUT2D eigenvalue weighted by Gasteiger charge is -2.31. The number of amides is 1. The summed E-state index contributed by atoms with van der Waals surface area (Å²) in [4.78, 5) is 17.6. The van der Waals surface area contributed by atoms with Crippen molar-refractivity contribution >= 4 is 36.0 Å². The molecule has 2 rings (SSSR count). The van der Waals surface area contributed by atoms with Gasteiger partial charge in [0.1, 0.15) is 18.5 Å². The van der Waals surface area contributed by atoms with Gasteiger partial charge in [0.25, 0.3) is 0 Å². The Balaban J connectivity index is 0.00000392. The van der Waals surface area contributed by atoms with Crippen molar-refractivity contribution in [2.75, 3.05) is 32.8 Å². The van der Waals surface area contributed by atoms with E-state index in [4.69, 9.17) is 15.2 Å². The Morgan fingerprint density at radius 1 is 1.43 bits per heavy atom. The van der Waals surface area contributed by atoms with Crippen molar-refractivity contribution in [3.63, 3.8) is 0 Å². The van der Waals surface area contributed by atoms with Gasteiger partial charge in [0.05, 0.1) is 13.2 Å². The maximum atomic E-state index is 11.7. The van der Waals surface area contributed by atoms with Gasteiger partial charge in [-0.2, -0.15) is 0 Å². The molecular weight excluding hydrogens is 475 g/mol. The quantitative estimate of drug-likeness (QED) is 0.296. The van der Waals surface area contributed by atoms with Crippen LogP contribution in [0.25, 0.3) is 0 Å². The van der Waals surface area contributed by atoms with E-state index in [2.05, 4.69) is 10.3 Å². The number of guanidine groups is 1. The number of aliphatic imine (C=N–C) groups is 1. The number of piperidine rings is 1. The molecule has 1 fully saturated rings. The third-order valence-electron chi connectivity index (χ3n) is 4.28. The third kappa shape index (κ3) is 8.51. The number of ether oxygens (including phenoxy) is 2. The molecule has 0 spiro atoms. The largest absolute Gasteiger partial charge is 0.491 e. The SMILES string of the molecule is CCOC(=O)N1CCC(NC(N)=NCC(O)COc2cccc(C)c2)CC1.I. The molecule has 1 aliphatic heterocycles. The van der Waals surface area contributed by atoms with Crippen LogP contribution >= 0.6 is 24.0 Å². The molecule has 4 N–H and O–H groups in total. The standard InChI is InChI=1S/C19H30N4O4.HI/c1-3-26-19(25)23-9-7-15(8-10-23)22-18(20)21-12-16(24)13-27-17-6-4-5-14(2)11-17;/h4-6,11,15-16,24H,3,7-10,12-13H2,1-2H3,(H3,20,21,22);1H. The molecule has 158 valence electrons. The van der Waals surface area contributed by atoms with Gasteiger partial charge in [-0.05, 0) is 44.4 Å². The monoisotopic (exact) mass is 506 g/mol. The highest BCUT2D eigenvalue weighted by molar-refractivity contribution is 14.0. The molecule has 1 unspecified atom stereocenters. The Hall–Kier alpha value is -1.75. The van der Waals surface area contributed by atoms with Crippen LogP contribution in [0.2, 0.25) is 0 Å². The summed E-state index contributed by atoms with van der Waals surface area (Å²) in [7, 11) is 0. The van der Waals surface area contributed by atoms with Gasteiger partial charge < -0.3 is 30.5 Å². The third-order valence-corrected chi connectivity index (χ3v) is 4.28. The van der Waals surface area contributed by atoms with Gasteiger partial charge in [-0.15, -0.1) is 24.0 Å². The molecule has 0 saturated carbocycles. The van der Waals surface area contributed by atoms with Gasteiger partial charge in [-0.1, -0.05) is 12.1 Å². The van der Waals surface area contributed by atoms with E-state index in [9.17, 15) is 9.90 Å². The molecule has 9 heteroatoms. The first-order valence-corrected chi connectivity index (χ1v) is 9.33.